The number of morpholine rings is 1. The fraction of sp³-hybridized carbons (Fsp3) is 1.00. The normalized spacial score (nSPS) is 33.9. The smallest absolute Gasteiger partial charge is 0.0791 e. The predicted octanol–water partition coefficient (Wildman–Crippen LogP) is 0.209. The van der Waals surface area contributed by atoms with Gasteiger partial charge in [-0.15, -0.1) is 0 Å². The van der Waals surface area contributed by atoms with Crippen molar-refractivity contribution in [1.82, 2.24) is 10.2 Å². The molecule has 0 bridgehead atoms. The van der Waals surface area contributed by atoms with Crippen LogP contribution in [-0.2, 0) is 4.74 Å². The lowest BCUT2D eigenvalue weighted by molar-refractivity contribution is -0.0762. The number of aliphatic hydroxyl groups is 1. The number of ether oxygens (including phenoxy) is 1. The maximum absolute atomic E-state index is 9.91. The molecule has 4 nitrogen and oxygen atoms in total. The maximum atomic E-state index is 9.91. The third-order valence-corrected chi connectivity index (χ3v) is 3.18. The van der Waals surface area contributed by atoms with Crippen LogP contribution in [0.1, 0.15) is 26.7 Å². The third-order valence-electron chi connectivity index (χ3n) is 3.18. The Morgan fingerprint density at radius 3 is 2.50 bits per heavy atom. The van der Waals surface area contributed by atoms with Crippen molar-refractivity contribution in [2.24, 2.45) is 0 Å². The Bertz CT molecular complexity index is 211. The summed E-state index contributed by atoms with van der Waals surface area (Å²) in [5, 5.41) is 13.3. The highest BCUT2D eigenvalue weighted by Crippen LogP contribution is 2.18. The highest BCUT2D eigenvalue weighted by atomic mass is 16.5. The summed E-state index contributed by atoms with van der Waals surface area (Å²) < 4.78 is 5.67. The number of nitrogens with one attached hydrogen (secondary N) is 1. The fourth-order valence-corrected chi connectivity index (χ4v) is 2.39. The molecular formula is C12H24N2O2. The quantitative estimate of drug-likeness (QED) is 0.706. The standard InChI is InChI=1S/C12H24N2O2/c1-9-6-14(7-10(2)16-9)8-12(15)5-13-11-3-4-11/h9-13,15H,3-8H2,1-2H3. The van der Waals surface area contributed by atoms with Gasteiger partial charge in [-0.25, -0.2) is 0 Å². The molecule has 2 fully saturated rings. The Labute approximate surface area is 98.0 Å². The number of nitrogens with zero attached hydrogens (tertiary/aromatic N) is 1. The Kier molecular flexibility index (Phi) is 4.19. The number of hydrogen-bond acceptors (Lipinski definition) is 4. The largest absolute Gasteiger partial charge is 0.390 e. The summed E-state index contributed by atoms with van der Waals surface area (Å²) in [6, 6.07) is 0.678. The first-order valence-electron chi connectivity index (χ1n) is 6.42. The van der Waals surface area contributed by atoms with E-state index >= 15 is 0 Å². The van der Waals surface area contributed by atoms with E-state index in [4.69, 9.17) is 4.74 Å². The highest BCUT2D eigenvalue weighted by Gasteiger charge is 2.25. The second kappa shape index (κ2) is 5.45. The van der Waals surface area contributed by atoms with Gasteiger partial charge in [0, 0.05) is 32.2 Å². The van der Waals surface area contributed by atoms with Crippen molar-refractivity contribution in [1.29, 1.82) is 0 Å². The molecule has 1 aliphatic heterocycles. The van der Waals surface area contributed by atoms with Crippen LogP contribution in [0.15, 0.2) is 0 Å². The van der Waals surface area contributed by atoms with Gasteiger partial charge in [-0.3, -0.25) is 4.90 Å². The molecule has 0 aromatic carbocycles. The monoisotopic (exact) mass is 228 g/mol. The molecule has 0 spiro atoms. The van der Waals surface area contributed by atoms with E-state index in [9.17, 15) is 5.11 Å². The van der Waals surface area contributed by atoms with Crippen LogP contribution in [-0.4, -0.2) is 60.5 Å². The zero-order valence-electron chi connectivity index (χ0n) is 10.4. The molecule has 3 atom stereocenters. The lowest BCUT2D eigenvalue weighted by atomic mass is 10.2. The van der Waals surface area contributed by atoms with Gasteiger partial charge in [0.1, 0.15) is 0 Å². The van der Waals surface area contributed by atoms with Crippen molar-refractivity contribution < 1.29 is 9.84 Å². The minimum atomic E-state index is -0.252. The van der Waals surface area contributed by atoms with Crippen LogP contribution in [0, 0.1) is 0 Å². The van der Waals surface area contributed by atoms with Gasteiger partial charge in [0.2, 0.25) is 0 Å². The molecule has 4 heteroatoms. The van der Waals surface area contributed by atoms with Crippen molar-refractivity contribution in [2.75, 3.05) is 26.2 Å². The molecule has 2 N–H and O–H groups in total. The summed E-state index contributed by atoms with van der Waals surface area (Å²) in [7, 11) is 0. The molecule has 1 saturated carbocycles. The van der Waals surface area contributed by atoms with E-state index in [0.29, 0.717) is 6.04 Å². The van der Waals surface area contributed by atoms with Crippen LogP contribution in [0.3, 0.4) is 0 Å². The van der Waals surface area contributed by atoms with Gasteiger partial charge in [-0.05, 0) is 26.7 Å². The van der Waals surface area contributed by atoms with E-state index in [1.165, 1.54) is 12.8 Å². The maximum Gasteiger partial charge on any atom is 0.0791 e. The molecule has 0 aromatic rings. The second-order valence-corrected chi connectivity index (χ2v) is 5.31. The SMILES string of the molecule is CC1CN(CC(O)CNC2CC2)CC(C)O1. The molecule has 2 aliphatic rings. The average molecular weight is 228 g/mol. The molecule has 0 aromatic heterocycles. The summed E-state index contributed by atoms with van der Waals surface area (Å²) in [6.45, 7) is 7.55. The van der Waals surface area contributed by atoms with Crippen LogP contribution in [0.4, 0.5) is 0 Å². The minimum Gasteiger partial charge on any atom is -0.390 e. The molecular weight excluding hydrogens is 204 g/mol. The molecule has 2 rings (SSSR count). The molecule has 16 heavy (non-hydrogen) atoms. The van der Waals surface area contributed by atoms with Crippen LogP contribution in [0.5, 0.6) is 0 Å². The van der Waals surface area contributed by atoms with Gasteiger partial charge < -0.3 is 15.2 Å². The van der Waals surface area contributed by atoms with Crippen molar-refractivity contribution in [2.45, 2.75) is 51.0 Å². The molecule has 0 amide bonds. The second-order valence-electron chi connectivity index (χ2n) is 5.31. The first-order valence-corrected chi connectivity index (χ1v) is 6.42. The van der Waals surface area contributed by atoms with Crippen LogP contribution < -0.4 is 5.32 Å². The van der Waals surface area contributed by atoms with E-state index in [1.807, 2.05) is 0 Å². The topological polar surface area (TPSA) is 44.7 Å². The first kappa shape index (κ1) is 12.3. The first-order chi connectivity index (χ1) is 7.63. The predicted molar refractivity (Wildman–Crippen MR) is 63.5 cm³/mol. The summed E-state index contributed by atoms with van der Waals surface area (Å²) in [6.07, 6.45) is 2.87. The van der Waals surface area contributed by atoms with E-state index in [0.717, 1.165) is 26.2 Å². The Hall–Kier alpha value is -0.160. The van der Waals surface area contributed by atoms with E-state index < -0.39 is 0 Å². The summed E-state index contributed by atoms with van der Waals surface area (Å²) in [5.41, 5.74) is 0. The summed E-state index contributed by atoms with van der Waals surface area (Å²) in [5.74, 6) is 0. The van der Waals surface area contributed by atoms with Gasteiger partial charge in [0.15, 0.2) is 0 Å². The number of hydrogen-bond donors (Lipinski definition) is 2. The summed E-state index contributed by atoms with van der Waals surface area (Å²) in [4.78, 5) is 2.30. The van der Waals surface area contributed by atoms with Crippen LogP contribution >= 0.6 is 0 Å². The van der Waals surface area contributed by atoms with Gasteiger partial charge in [0.05, 0.1) is 18.3 Å². The fourth-order valence-electron chi connectivity index (χ4n) is 2.39. The molecule has 0 radical (unpaired) electrons. The van der Waals surface area contributed by atoms with E-state index in [2.05, 4.69) is 24.1 Å². The average Bonchev–Trinajstić information content (AvgIpc) is 2.96. The zero-order chi connectivity index (χ0) is 11.5. The molecule has 94 valence electrons. The van der Waals surface area contributed by atoms with Gasteiger partial charge in [-0.2, -0.15) is 0 Å². The van der Waals surface area contributed by atoms with Gasteiger partial charge >= 0.3 is 0 Å². The minimum absolute atomic E-state index is 0.252. The molecule has 3 unspecified atom stereocenters. The van der Waals surface area contributed by atoms with Crippen LogP contribution in [0.2, 0.25) is 0 Å². The number of β-amino-alcohol motifs (C(OH)–C–C–N with tert-alkyl or cyclic N) is 1. The molecule has 1 aliphatic carbocycles. The number of aliphatic hydroxyl groups excluding tert-OH is 1. The van der Waals surface area contributed by atoms with E-state index in [1.54, 1.807) is 0 Å². The lowest BCUT2D eigenvalue weighted by Crippen LogP contribution is -2.49. The lowest BCUT2D eigenvalue weighted by Gasteiger charge is -2.36. The molecule has 1 heterocycles. The van der Waals surface area contributed by atoms with Crippen LogP contribution in [0.25, 0.3) is 0 Å². The van der Waals surface area contributed by atoms with Crippen molar-refractivity contribution in [3.05, 3.63) is 0 Å². The Balaban J connectivity index is 1.66. The Morgan fingerprint density at radius 2 is 1.94 bits per heavy atom. The van der Waals surface area contributed by atoms with Gasteiger partial charge in [-0.1, -0.05) is 0 Å². The zero-order valence-corrected chi connectivity index (χ0v) is 10.4. The van der Waals surface area contributed by atoms with Gasteiger partial charge in [0.25, 0.3) is 0 Å². The number of rotatable bonds is 5. The summed E-state index contributed by atoms with van der Waals surface area (Å²) >= 11 is 0. The highest BCUT2D eigenvalue weighted by molar-refractivity contribution is 4.83. The van der Waals surface area contributed by atoms with Crippen molar-refractivity contribution >= 4 is 0 Å². The molecule has 1 saturated heterocycles. The van der Waals surface area contributed by atoms with Crippen molar-refractivity contribution in [3.8, 4) is 0 Å². The Morgan fingerprint density at radius 1 is 1.31 bits per heavy atom. The van der Waals surface area contributed by atoms with E-state index in [-0.39, 0.29) is 18.3 Å². The third kappa shape index (κ3) is 4.01. The van der Waals surface area contributed by atoms with Crippen molar-refractivity contribution in [3.63, 3.8) is 0 Å².